The molecule has 1 N–H and O–H groups in total. The zero-order valence-electron chi connectivity index (χ0n) is 16.2. The van der Waals surface area contributed by atoms with Crippen molar-refractivity contribution in [2.75, 3.05) is 13.2 Å². The highest BCUT2D eigenvalue weighted by molar-refractivity contribution is 6.30. The molecule has 2 aliphatic heterocycles. The smallest absolute Gasteiger partial charge is 0.235 e. The van der Waals surface area contributed by atoms with Gasteiger partial charge < -0.3 is 10.1 Å². The number of rotatable bonds is 3. The second-order valence-corrected chi connectivity index (χ2v) is 8.09. The van der Waals surface area contributed by atoms with Crippen molar-refractivity contribution < 1.29 is 14.3 Å². The van der Waals surface area contributed by atoms with Crippen molar-refractivity contribution in [1.82, 2.24) is 5.32 Å². The topological polar surface area (TPSA) is 55.4 Å². The van der Waals surface area contributed by atoms with E-state index in [0.717, 1.165) is 34.2 Å². The van der Waals surface area contributed by atoms with E-state index in [0.29, 0.717) is 31.1 Å². The summed E-state index contributed by atoms with van der Waals surface area (Å²) < 4.78 is 5.42. The molecule has 2 fully saturated rings. The standard InChI is InChI=1S/C23H24ClNO3/c1-3-15-6-9-18(16-4-7-17(24)8-5-16)14(2)19(15)20-21(26)23(25-22(20)27)10-12-28-13-11-23/h4-9,20H,3,10-13H2,1-2H3,(H,25,27). The maximum atomic E-state index is 13.4. The van der Waals surface area contributed by atoms with Crippen molar-refractivity contribution in [3.05, 3.63) is 58.1 Å². The molecular formula is C23H24ClNO3. The minimum atomic E-state index is -0.770. The van der Waals surface area contributed by atoms with E-state index in [-0.39, 0.29) is 11.7 Å². The molecule has 0 aliphatic carbocycles. The van der Waals surface area contributed by atoms with E-state index < -0.39 is 11.5 Å². The average molecular weight is 398 g/mol. The second kappa shape index (κ2) is 7.34. The molecule has 4 rings (SSSR count). The lowest BCUT2D eigenvalue weighted by atomic mass is 9.78. The fourth-order valence-corrected chi connectivity index (χ4v) is 4.68. The van der Waals surface area contributed by atoms with Gasteiger partial charge in [0.05, 0.1) is 0 Å². The molecule has 0 saturated carbocycles. The average Bonchev–Trinajstić information content (AvgIpc) is 2.92. The number of Topliss-reactive ketones (excluding diaryl/α,β-unsaturated/α-hetero) is 1. The molecule has 0 radical (unpaired) electrons. The van der Waals surface area contributed by atoms with Gasteiger partial charge in [-0.15, -0.1) is 0 Å². The number of halogens is 1. The first-order valence-electron chi connectivity index (χ1n) is 9.79. The number of ether oxygens (including phenoxy) is 1. The number of ketones is 1. The van der Waals surface area contributed by atoms with Crippen LogP contribution in [0.5, 0.6) is 0 Å². The number of benzene rings is 2. The largest absolute Gasteiger partial charge is 0.381 e. The first-order valence-corrected chi connectivity index (χ1v) is 10.2. The van der Waals surface area contributed by atoms with Gasteiger partial charge in [0.1, 0.15) is 11.5 Å². The van der Waals surface area contributed by atoms with Gasteiger partial charge in [-0.3, -0.25) is 9.59 Å². The summed E-state index contributed by atoms with van der Waals surface area (Å²) in [4.78, 5) is 26.4. The molecule has 1 atom stereocenters. The summed E-state index contributed by atoms with van der Waals surface area (Å²) in [6.45, 7) is 5.07. The lowest BCUT2D eigenvalue weighted by Gasteiger charge is -2.31. The van der Waals surface area contributed by atoms with Crippen LogP contribution in [0.15, 0.2) is 36.4 Å². The number of hydrogen-bond donors (Lipinski definition) is 1. The summed E-state index contributed by atoms with van der Waals surface area (Å²) in [5.41, 5.74) is 4.18. The highest BCUT2D eigenvalue weighted by Crippen LogP contribution is 2.40. The van der Waals surface area contributed by atoms with Crippen LogP contribution >= 0.6 is 11.6 Å². The van der Waals surface area contributed by atoms with Crippen molar-refractivity contribution >= 4 is 23.3 Å². The Morgan fingerprint density at radius 1 is 1.11 bits per heavy atom. The van der Waals surface area contributed by atoms with E-state index in [2.05, 4.69) is 18.3 Å². The number of amides is 1. The Balaban J connectivity index is 1.82. The van der Waals surface area contributed by atoms with Crippen molar-refractivity contribution in [2.24, 2.45) is 0 Å². The van der Waals surface area contributed by atoms with Gasteiger partial charge >= 0.3 is 0 Å². The van der Waals surface area contributed by atoms with Gasteiger partial charge in [-0.05, 0) is 53.3 Å². The van der Waals surface area contributed by atoms with Crippen LogP contribution in [0.2, 0.25) is 5.02 Å². The molecule has 0 aromatic heterocycles. The monoisotopic (exact) mass is 397 g/mol. The molecule has 5 heteroatoms. The Morgan fingerprint density at radius 2 is 1.79 bits per heavy atom. The predicted octanol–water partition coefficient (Wildman–Crippen LogP) is 4.21. The number of carbonyl (C=O) groups excluding carboxylic acids is 2. The third-order valence-electron chi connectivity index (χ3n) is 6.13. The van der Waals surface area contributed by atoms with Gasteiger partial charge in [0.25, 0.3) is 0 Å². The zero-order valence-corrected chi connectivity index (χ0v) is 16.9. The normalized spacial score (nSPS) is 21.2. The van der Waals surface area contributed by atoms with E-state index in [9.17, 15) is 9.59 Å². The molecular weight excluding hydrogens is 374 g/mol. The van der Waals surface area contributed by atoms with Crippen LogP contribution in [0, 0.1) is 6.92 Å². The van der Waals surface area contributed by atoms with Crippen LogP contribution in [-0.4, -0.2) is 30.4 Å². The van der Waals surface area contributed by atoms with Crippen LogP contribution in [0.25, 0.3) is 11.1 Å². The molecule has 2 aromatic rings. The molecule has 4 nitrogen and oxygen atoms in total. The first kappa shape index (κ1) is 19.2. The SMILES string of the molecule is CCc1ccc(-c2ccc(Cl)cc2)c(C)c1C1C(=O)NC2(CCOCC2)C1=O. The Morgan fingerprint density at radius 3 is 2.43 bits per heavy atom. The predicted molar refractivity (Wildman–Crippen MR) is 110 cm³/mol. The van der Waals surface area contributed by atoms with Gasteiger partial charge in [0, 0.05) is 31.1 Å². The third-order valence-corrected chi connectivity index (χ3v) is 6.39. The molecule has 146 valence electrons. The van der Waals surface area contributed by atoms with E-state index in [1.165, 1.54) is 0 Å². The van der Waals surface area contributed by atoms with Crippen molar-refractivity contribution in [3.63, 3.8) is 0 Å². The van der Waals surface area contributed by atoms with E-state index in [1.54, 1.807) is 0 Å². The highest BCUT2D eigenvalue weighted by Gasteiger charge is 2.54. The number of nitrogens with one attached hydrogen (secondary N) is 1. The molecule has 2 heterocycles. The summed E-state index contributed by atoms with van der Waals surface area (Å²) in [6, 6.07) is 11.8. The fraction of sp³-hybridized carbons (Fsp3) is 0.391. The minimum Gasteiger partial charge on any atom is -0.381 e. The molecule has 1 amide bonds. The fourth-order valence-electron chi connectivity index (χ4n) is 4.56. The maximum absolute atomic E-state index is 13.4. The Hall–Kier alpha value is -2.17. The lowest BCUT2D eigenvalue weighted by molar-refractivity contribution is -0.127. The van der Waals surface area contributed by atoms with E-state index in [4.69, 9.17) is 16.3 Å². The van der Waals surface area contributed by atoms with E-state index >= 15 is 0 Å². The van der Waals surface area contributed by atoms with Crippen molar-refractivity contribution in [2.45, 2.75) is 44.6 Å². The minimum absolute atomic E-state index is 0.00754. The molecule has 2 saturated heterocycles. The lowest BCUT2D eigenvalue weighted by Crippen LogP contribution is -2.50. The van der Waals surface area contributed by atoms with Gasteiger partial charge in [0.15, 0.2) is 5.78 Å². The van der Waals surface area contributed by atoms with Crippen LogP contribution in [-0.2, 0) is 20.7 Å². The quantitative estimate of drug-likeness (QED) is 0.789. The number of hydrogen-bond acceptors (Lipinski definition) is 3. The molecule has 28 heavy (non-hydrogen) atoms. The van der Waals surface area contributed by atoms with Crippen LogP contribution in [0.3, 0.4) is 0 Å². The summed E-state index contributed by atoms with van der Waals surface area (Å²) in [5.74, 6) is -0.940. The third kappa shape index (κ3) is 3.05. The summed E-state index contributed by atoms with van der Waals surface area (Å²) in [6.07, 6.45) is 1.86. The van der Waals surface area contributed by atoms with E-state index in [1.807, 2.05) is 37.3 Å². The van der Waals surface area contributed by atoms with Crippen LogP contribution in [0.4, 0.5) is 0 Å². The van der Waals surface area contributed by atoms with Gasteiger partial charge in [0.2, 0.25) is 5.91 Å². The highest BCUT2D eigenvalue weighted by atomic mass is 35.5. The van der Waals surface area contributed by atoms with Crippen LogP contribution in [0.1, 0.15) is 42.4 Å². The molecule has 2 aliphatic rings. The molecule has 1 unspecified atom stereocenters. The Kier molecular flexibility index (Phi) is 5.02. The Labute approximate surface area is 170 Å². The molecule has 2 aromatic carbocycles. The molecule has 0 bridgehead atoms. The zero-order chi connectivity index (χ0) is 19.9. The van der Waals surface area contributed by atoms with Crippen molar-refractivity contribution in [3.8, 4) is 11.1 Å². The number of aryl methyl sites for hydroxylation is 1. The second-order valence-electron chi connectivity index (χ2n) is 7.65. The number of carbonyl (C=O) groups is 2. The van der Waals surface area contributed by atoms with Crippen molar-refractivity contribution in [1.29, 1.82) is 0 Å². The van der Waals surface area contributed by atoms with Gasteiger partial charge in [-0.25, -0.2) is 0 Å². The van der Waals surface area contributed by atoms with Crippen LogP contribution < -0.4 is 5.32 Å². The summed E-state index contributed by atoms with van der Waals surface area (Å²) >= 11 is 6.03. The first-order chi connectivity index (χ1) is 13.5. The Bertz CT molecular complexity index is 930. The van der Waals surface area contributed by atoms with Gasteiger partial charge in [-0.2, -0.15) is 0 Å². The molecule has 1 spiro atoms. The maximum Gasteiger partial charge on any atom is 0.235 e. The van der Waals surface area contributed by atoms with Gasteiger partial charge in [-0.1, -0.05) is 42.8 Å². The summed E-state index contributed by atoms with van der Waals surface area (Å²) in [5, 5.41) is 3.71. The summed E-state index contributed by atoms with van der Waals surface area (Å²) in [7, 11) is 0.